The minimum atomic E-state index is -0.314. The van der Waals surface area contributed by atoms with Gasteiger partial charge in [-0.25, -0.2) is 0 Å². The van der Waals surface area contributed by atoms with E-state index in [4.69, 9.17) is 0 Å². The van der Waals surface area contributed by atoms with Gasteiger partial charge in [0.15, 0.2) is 0 Å². The van der Waals surface area contributed by atoms with Crippen LogP contribution in [-0.4, -0.2) is 39.4 Å². The van der Waals surface area contributed by atoms with Crippen molar-refractivity contribution >= 4 is 45.0 Å². The third-order valence-electron chi connectivity index (χ3n) is 4.82. The molecule has 0 aliphatic carbocycles. The molecular weight excluding hydrogens is 388 g/mol. The Morgan fingerprint density at radius 2 is 1.72 bits per heavy atom. The van der Waals surface area contributed by atoms with E-state index in [1.807, 2.05) is 38.1 Å². The molecule has 1 aliphatic rings. The number of nitrogens with one attached hydrogen (secondary N) is 1. The number of benzene rings is 2. The molecule has 29 heavy (non-hydrogen) atoms. The molecule has 2 aromatic carbocycles. The Kier molecular flexibility index (Phi) is 5.10. The van der Waals surface area contributed by atoms with Gasteiger partial charge in [0, 0.05) is 35.4 Å². The first kappa shape index (κ1) is 19.2. The number of carbonyl (C=O) groups excluding carboxylic acids is 3. The van der Waals surface area contributed by atoms with Crippen molar-refractivity contribution in [2.75, 3.05) is 11.9 Å². The Balaban J connectivity index is 1.40. The number of carbonyl (C=O) groups is 3. The average Bonchev–Trinajstić information content (AvgIpc) is 3.17. The maximum absolute atomic E-state index is 12.8. The largest absolute Gasteiger partial charge is 0.301 e. The third-order valence-corrected chi connectivity index (χ3v) is 5.96. The fraction of sp³-hybridized carbons (Fsp3) is 0.286. The topological polar surface area (TPSA) is 92.3 Å². The average molecular weight is 408 g/mol. The highest BCUT2D eigenvalue weighted by Crippen LogP contribution is 2.30. The summed E-state index contributed by atoms with van der Waals surface area (Å²) in [6.45, 7) is 4.21. The summed E-state index contributed by atoms with van der Waals surface area (Å²) in [4.78, 5) is 39.1. The Morgan fingerprint density at radius 1 is 1.07 bits per heavy atom. The molecule has 3 aromatic rings. The minimum Gasteiger partial charge on any atom is -0.301 e. The predicted octanol–water partition coefficient (Wildman–Crippen LogP) is 3.83. The summed E-state index contributed by atoms with van der Waals surface area (Å²) in [5, 5.41) is 13.6. The van der Waals surface area contributed by atoms with E-state index in [-0.39, 0.29) is 36.6 Å². The lowest BCUT2D eigenvalue weighted by atomic mass is 9.94. The molecule has 0 fully saturated rings. The Hall–Kier alpha value is -3.13. The molecule has 0 spiro atoms. The maximum atomic E-state index is 12.8. The Labute approximate surface area is 171 Å². The van der Waals surface area contributed by atoms with E-state index in [1.54, 1.807) is 12.1 Å². The molecule has 148 valence electrons. The highest BCUT2D eigenvalue weighted by molar-refractivity contribution is 7.15. The summed E-state index contributed by atoms with van der Waals surface area (Å²) in [5.74, 6) is -0.590. The molecule has 4 rings (SSSR count). The number of hydrogen-bond donors (Lipinski definition) is 1. The van der Waals surface area contributed by atoms with Crippen LogP contribution in [0.3, 0.4) is 0 Å². The number of imide groups is 1. The van der Waals surface area contributed by atoms with Crippen LogP contribution < -0.4 is 5.32 Å². The number of hydrogen-bond acceptors (Lipinski definition) is 6. The number of rotatable bonds is 6. The fourth-order valence-corrected chi connectivity index (χ4v) is 4.14. The number of anilines is 1. The van der Waals surface area contributed by atoms with Gasteiger partial charge >= 0.3 is 0 Å². The zero-order valence-electron chi connectivity index (χ0n) is 16.1. The van der Waals surface area contributed by atoms with Crippen molar-refractivity contribution in [3.63, 3.8) is 0 Å². The molecule has 2 heterocycles. The molecule has 0 saturated carbocycles. The van der Waals surface area contributed by atoms with Crippen LogP contribution in [0.15, 0.2) is 36.4 Å². The second-order valence-electron chi connectivity index (χ2n) is 7.22. The summed E-state index contributed by atoms with van der Waals surface area (Å²) < 4.78 is 0. The summed E-state index contributed by atoms with van der Waals surface area (Å²) in [6.07, 6.45) is 0.552. The molecule has 1 N–H and O–H groups in total. The number of amides is 3. The summed E-state index contributed by atoms with van der Waals surface area (Å²) >= 11 is 1.35. The second kappa shape index (κ2) is 7.71. The second-order valence-corrected chi connectivity index (χ2v) is 8.23. The van der Waals surface area contributed by atoms with Crippen LogP contribution in [-0.2, 0) is 4.79 Å². The standard InChI is InChI=1S/C21H20N4O3S/c1-12(2)18-23-24-21(29-18)22-16(26)10-5-11-25-19(27)14-8-3-6-13-7-4-9-15(17(13)14)20(25)28/h3-4,6-9,12H,5,10-11H2,1-2H3,(H,22,24,26). The zero-order valence-corrected chi connectivity index (χ0v) is 17.0. The van der Waals surface area contributed by atoms with Crippen molar-refractivity contribution in [2.24, 2.45) is 0 Å². The SMILES string of the molecule is CC(C)c1nnc(NC(=O)CCCN2C(=O)c3cccc4cccc(c34)C2=O)s1. The van der Waals surface area contributed by atoms with Gasteiger partial charge in [-0.2, -0.15) is 0 Å². The van der Waals surface area contributed by atoms with Crippen molar-refractivity contribution in [2.45, 2.75) is 32.6 Å². The van der Waals surface area contributed by atoms with Crippen LogP contribution in [0, 0.1) is 0 Å². The lowest BCUT2D eigenvalue weighted by Crippen LogP contribution is -2.41. The smallest absolute Gasteiger partial charge is 0.261 e. The molecule has 0 atom stereocenters. The molecule has 1 aromatic heterocycles. The van der Waals surface area contributed by atoms with Gasteiger partial charge in [0.2, 0.25) is 11.0 Å². The molecule has 3 amide bonds. The van der Waals surface area contributed by atoms with Crippen LogP contribution in [0.4, 0.5) is 5.13 Å². The molecule has 0 saturated heterocycles. The first-order valence-corrected chi connectivity index (χ1v) is 10.3. The van der Waals surface area contributed by atoms with Gasteiger partial charge in [-0.05, 0) is 23.9 Å². The van der Waals surface area contributed by atoms with E-state index in [2.05, 4.69) is 15.5 Å². The molecule has 7 nitrogen and oxygen atoms in total. The Bertz CT molecular complexity index is 1070. The van der Waals surface area contributed by atoms with Crippen molar-refractivity contribution in [3.05, 3.63) is 52.5 Å². The number of nitrogens with zero attached hydrogens (tertiary/aromatic N) is 3. The van der Waals surface area contributed by atoms with Gasteiger partial charge in [-0.3, -0.25) is 19.3 Å². The first-order chi connectivity index (χ1) is 14.0. The molecule has 0 bridgehead atoms. The highest BCUT2D eigenvalue weighted by Gasteiger charge is 2.32. The van der Waals surface area contributed by atoms with E-state index < -0.39 is 0 Å². The van der Waals surface area contributed by atoms with Gasteiger partial charge in [-0.15, -0.1) is 10.2 Å². The molecular formula is C21H20N4O3S. The Morgan fingerprint density at radius 3 is 2.31 bits per heavy atom. The van der Waals surface area contributed by atoms with E-state index in [0.29, 0.717) is 28.1 Å². The summed E-state index contributed by atoms with van der Waals surface area (Å²) in [6, 6.07) is 10.9. The summed E-state index contributed by atoms with van der Waals surface area (Å²) in [7, 11) is 0. The molecule has 0 unspecified atom stereocenters. The summed E-state index contributed by atoms with van der Waals surface area (Å²) in [5.41, 5.74) is 1.05. The fourth-order valence-electron chi connectivity index (χ4n) is 3.38. The molecule has 8 heteroatoms. The van der Waals surface area contributed by atoms with Gasteiger partial charge < -0.3 is 5.32 Å². The lowest BCUT2D eigenvalue weighted by Gasteiger charge is -2.27. The van der Waals surface area contributed by atoms with Crippen LogP contribution in [0.25, 0.3) is 10.8 Å². The van der Waals surface area contributed by atoms with Crippen LogP contribution >= 0.6 is 11.3 Å². The number of aromatic nitrogens is 2. The van der Waals surface area contributed by atoms with Crippen LogP contribution in [0.5, 0.6) is 0 Å². The monoisotopic (exact) mass is 408 g/mol. The normalized spacial score (nSPS) is 13.4. The van der Waals surface area contributed by atoms with E-state index in [1.165, 1.54) is 16.2 Å². The quantitative estimate of drug-likeness (QED) is 0.626. The van der Waals surface area contributed by atoms with Crippen molar-refractivity contribution in [1.29, 1.82) is 0 Å². The molecule has 1 aliphatic heterocycles. The molecule has 0 radical (unpaired) electrons. The van der Waals surface area contributed by atoms with Crippen molar-refractivity contribution < 1.29 is 14.4 Å². The van der Waals surface area contributed by atoms with Crippen molar-refractivity contribution in [1.82, 2.24) is 15.1 Å². The van der Waals surface area contributed by atoms with Gasteiger partial charge in [0.25, 0.3) is 11.8 Å². The highest BCUT2D eigenvalue weighted by atomic mass is 32.1. The van der Waals surface area contributed by atoms with Gasteiger partial charge in [-0.1, -0.05) is 49.4 Å². The lowest BCUT2D eigenvalue weighted by molar-refractivity contribution is -0.116. The third kappa shape index (κ3) is 3.63. The van der Waals surface area contributed by atoms with Crippen LogP contribution in [0.1, 0.15) is 58.3 Å². The van der Waals surface area contributed by atoms with E-state index in [9.17, 15) is 14.4 Å². The van der Waals surface area contributed by atoms with Gasteiger partial charge in [0.05, 0.1) is 0 Å². The van der Waals surface area contributed by atoms with Crippen molar-refractivity contribution in [3.8, 4) is 0 Å². The minimum absolute atomic E-state index is 0.180. The van der Waals surface area contributed by atoms with Gasteiger partial charge in [0.1, 0.15) is 5.01 Å². The first-order valence-electron chi connectivity index (χ1n) is 9.47. The zero-order chi connectivity index (χ0) is 20.5. The maximum Gasteiger partial charge on any atom is 0.261 e. The van der Waals surface area contributed by atoms with Crippen LogP contribution in [0.2, 0.25) is 0 Å². The van der Waals surface area contributed by atoms with E-state index in [0.717, 1.165) is 10.4 Å². The predicted molar refractivity (Wildman–Crippen MR) is 111 cm³/mol. The van der Waals surface area contributed by atoms with E-state index >= 15 is 0 Å².